The van der Waals surface area contributed by atoms with Crippen LogP contribution in [-0.4, -0.2) is 50.2 Å². The smallest absolute Gasteiger partial charge is 0.191 e. The second-order valence-corrected chi connectivity index (χ2v) is 6.76. The number of nitrogens with zero attached hydrogens (tertiary/aromatic N) is 5. The van der Waals surface area contributed by atoms with Crippen LogP contribution >= 0.6 is 35.7 Å². The maximum absolute atomic E-state index is 6.03. The molecule has 1 aromatic rings. The fraction of sp³-hybridized carbons (Fsp3) is 0.750. The molecule has 0 saturated carbocycles. The first-order chi connectivity index (χ1) is 8.98. The van der Waals surface area contributed by atoms with Crippen LogP contribution in [0.2, 0.25) is 0 Å². The van der Waals surface area contributed by atoms with E-state index in [4.69, 9.17) is 5.73 Å². The van der Waals surface area contributed by atoms with Crippen molar-refractivity contribution in [2.75, 3.05) is 24.6 Å². The topological polar surface area (TPSA) is 72.3 Å². The molecule has 0 bridgehead atoms. The number of hydrogen-bond donors (Lipinski definition) is 1. The van der Waals surface area contributed by atoms with Gasteiger partial charge in [-0.15, -0.1) is 24.0 Å². The van der Waals surface area contributed by atoms with Crippen molar-refractivity contribution in [1.29, 1.82) is 0 Å². The summed E-state index contributed by atoms with van der Waals surface area (Å²) < 4.78 is 1.90. The molecule has 2 rings (SSSR count). The molecule has 0 atom stereocenters. The van der Waals surface area contributed by atoms with E-state index in [0.717, 1.165) is 30.4 Å². The molecular weight excluding hydrogens is 387 g/mol. The van der Waals surface area contributed by atoms with Crippen molar-refractivity contribution in [3.8, 4) is 0 Å². The maximum atomic E-state index is 6.03. The number of nitrogens with two attached hydrogens (primary N) is 1. The Bertz CT molecular complexity index is 447. The van der Waals surface area contributed by atoms with E-state index in [1.807, 2.05) is 16.4 Å². The molecular formula is C12H23IN6S. The van der Waals surface area contributed by atoms with E-state index in [9.17, 15) is 0 Å². The number of halogens is 1. The van der Waals surface area contributed by atoms with E-state index in [0.29, 0.717) is 12.5 Å². The summed E-state index contributed by atoms with van der Waals surface area (Å²) in [6.45, 7) is 8.73. The van der Waals surface area contributed by atoms with Gasteiger partial charge in [0.05, 0.1) is 5.54 Å². The number of aliphatic imine (C=N–C) groups is 1. The Kier molecular flexibility index (Phi) is 6.56. The standard InChI is InChI=1S/C12H22N6S.HI/c1-12(2,3)18-10(15-9-16-18)8-14-11(13)17-4-6-19-7-5-17;/h9H,4-8H2,1-3H3,(H2,13,14);1H. The van der Waals surface area contributed by atoms with Gasteiger partial charge in [0.2, 0.25) is 0 Å². The molecule has 0 aromatic carbocycles. The van der Waals surface area contributed by atoms with Crippen LogP contribution in [0, 0.1) is 0 Å². The predicted octanol–water partition coefficient (Wildman–Crippen LogP) is 1.51. The summed E-state index contributed by atoms with van der Waals surface area (Å²) in [6.07, 6.45) is 1.57. The molecule has 1 aliphatic heterocycles. The van der Waals surface area contributed by atoms with Gasteiger partial charge in [-0.25, -0.2) is 14.7 Å². The summed E-state index contributed by atoms with van der Waals surface area (Å²) in [6, 6.07) is 0. The van der Waals surface area contributed by atoms with Crippen molar-refractivity contribution in [1.82, 2.24) is 19.7 Å². The first kappa shape index (κ1) is 17.5. The Balaban J connectivity index is 0.00000200. The minimum Gasteiger partial charge on any atom is -0.370 e. The van der Waals surface area contributed by atoms with Gasteiger partial charge < -0.3 is 10.6 Å². The molecule has 0 spiro atoms. The van der Waals surface area contributed by atoms with Gasteiger partial charge in [0.1, 0.15) is 18.7 Å². The SMILES string of the molecule is CC(C)(C)n1ncnc1CN=C(N)N1CCSCC1.I. The van der Waals surface area contributed by atoms with E-state index in [2.05, 4.69) is 40.7 Å². The van der Waals surface area contributed by atoms with Crippen molar-refractivity contribution in [3.05, 3.63) is 12.2 Å². The average Bonchev–Trinajstić information content (AvgIpc) is 2.85. The van der Waals surface area contributed by atoms with Gasteiger partial charge in [0, 0.05) is 24.6 Å². The van der Waals surface area contributed by atoms with Crippen molar-refractivity contribution in [2.45, 2.75) is 32.9 Å². The van der Waals surface area contributed by atoms with Crippen LogP contribution in [0.3, 0.4) is 0 Å². The molecule has 2 N–H and O–H groups in total. The highest BCUT2D eigenvalue weighted by Gasteiger charge is 2.18. The molecule has 8 heteroatoms. The zero-order chi connectivity index (χ0) is 13.9. The number of aromatic nitrogens is 3. The molecule has 0 amide bonds. The van der Waals surface area contributed by atoms with E-state index in [1.54, 1.807) is 6.33 Å². The second-order valence-electron chi connectivity index (χ2n) is 5.53. The summed E-state index contributed by atoms with van der Waals surface area (Å²) in [5, 5.41) is 4.26. The first-order valence-corrected chi connectivity index (χ1v) is 7.66. The summed E-state index contributed by atoms with van der Waals surface area (Å²) in [4.78, 5) is 10.9. The van der Waals surface area contributed by atoms with E-state index in [-0.39, 0.29) is 29.5 Å². The van der Waals surface area contributed by atoms with Gasteiger partial charge in [-0.05, 0) is 20.8 Å². The summed E-state index contributed by atoms with van der Waals surface area (Å²) in [7, 11) is 0. The second kappa shape index (κ2) is 7.48. The lowest BCUT2D eigenvalue weighted by atomic mass is 10.1. The third-order valence-electron chi connectivity index (χ3n) is 2.97. The molecule has 1 fully saturated rings. The van der Waals surface area contributed by atoms with Crippen LogP contribution in [0.15, 0.2) is 11.3 Å². The molecule has 114 valence electrons. The summed E-state index contributed by atoms with van der Waals surface area (Å²) in [5.74, 6) is 3.70. The van der Waals surface area contributed by atoms with Crippen molar-refractivity contribution in [3.63, 3.8) is 0 Å². The molecule has 0 radical (unpaired) electrons. The highest BCUT2D eigenvalue weighted by Crippen LogP contribution is 2.14. The normalized spacial score (nSPS) is 16.9. The Hall–Kier alpha value is -0.510. The monoisotopic (exact) mass is 410 g/mol. The first-order valence-electron chi connectivity index (χ1n) is 6.50. The summed E-state index contributed by atoms with van der Waals surface area (Å²) in [5.41, 5.74) is 5.95. The van der Waals surface area contributed by atoms with Crippen LogP contribution < -0.4 is 5.73 Å². The molecule has 6 nitrogen and oxygen atoms in total. The molecule has 2 heterocycles. The third kappa shape index (κ3) is 4.51. The molecule has 0 aliphatic carbocycles. The Morgan fingerprint density at radius 2 is 2.05 bits per heavy atom. The largest absolute Gasteiger partial charge is 0.370 e. The lowest BCUT2D eigenvalue weighted by molar-refractivity contribution is 0.341. The molecule has 1 aliphatic rings. The zero-order valence-corrected chi connectivity index (χ0v) is 15.4. The van der Waals surface area contributed by atoms with Crippen LogP contribution in [0.1, 0.15) is 26.6 Å². The molecule has 1 saturated heterocycles. The number of hydrogen-bond acceptors (Lipinski definition) is 4. The molecule has 20 heavy (non-hydrogen) atoms. The minimum absolute atomic E-state index is 0. The molecule has 0 unspecified atom stereocenters. The van der Waals surface area contributed by atoms with Gasteiger partial charge in [-0.3, -0.25) is 0 Å². The number of guanidine groups is 1. The van der Waals surface area contributed by atoms with Crippen LogP contribution in [-0.2, 0) is 12.1 Å². The quantitative estimate of drug-likeness (QED) is 0.455. The lowest BCUT2D eigenvalue weighted by Crippen LogP contribution is -2.42. The average molecular weight is 410 g/mol. The van der Waals surface area contributed by atoms with Crippen molar-refractivity contribution in [2.24, 2.45) is 10.7 Å². The highest BCUT2D eigenvalue weighted by atomic mass is 127. The van der Waals surface area contributed by atoms with E-state index >= 15 is 0 Å². The minimum atomic E-state index is -0.0854. The van der Waals surface area contributed by atoms with Gasteiger partial charge in [-0.1, -0.05) is 0 Å². The number of thioether (sulfide) groups is 1. The molecule has 1 aromatic heterocycles. The van der Waals surface area contributed by atoms with Gasteiger partial charge in [-0.2, -0.15) is 16.9 Å². The zero-order valence-electron chi connectivity index (χ0n) is 12.2. The van der Waals surface area contributed by atoms with Crippen molar-refractivity contribution >= 4 is 41.7 Å². The Labute approximate surface area is 141 Å². The predicted molar refractivity (Wildman–Crippen MR) is 94.7 cm³/mol. The number of rotatable bonds is 2. The fourth-order valence-corrected chi connectivity index (χ4v) is 2.88. The highest BCUT2D eigenvalue weighted by molar-refractivity contribution is 14.0. The Morgan fingerprint density at radius 3 is 2.65 bits per heavy atom. The van der Waals surface area contributed by atoms with Gasteiger partial charge in [0.15, 0.2) is 5.96 Å². The fourth-order valence-electron chi connectivity index (χ4n) is 1.98. The van der Waals surface area contributed by atoms with E-state index < -0.39 is 0 Å². The Morgan fingerprint density at radius 1 is 1.40 bits per heavy atom. The summed E-state index contributed by atoms with van der Waals surface area (Å²) >= 11 is 1.96. The van der Waals surface area contributed by atoms with Gasteiger partial charge in [0.25, 0.3) is 0 Å². The lowest BCUT2D eigenvalue weighted by Gasteiger charge is -2.27. The maximum Gasteiger partial charge on any atom is 0.191 e. The van der Waals surface area contributed by atoms with Crippen LogP contribution in [0.5, 0.6) is 0 Å². The van der Waals surface area contributed by atoms with Crippen LogP contribution in [0.4, 0.5) is 0 Å². The van der Waals surface area contributed by atoms with Crippen LogP contribution in [0.25, 0.3) is 0 Å². The van der Waals surface area contributed by atoms with Gasteiger partial charge >= 0.3 is 0 Å². The third-order valence-corrected chi connectivity index (χ3v) is 3.91. The van der Waals surface area contributed by atoms with Crippen molar-refractivity contribution < 1.29 is 0 Å². The van der Waals surface area contributed by atoms with E-state index in [1.165, 1.54) is 0 Å².